The van der Waals surface area contributed by atoms with Crippen LogP contribution in [0.25, 0.3) is 0 Å². The third kappa shape index (κ3) is 4.21. The van der Waals surface area contributed by atoms with Crippen LogP contribution in [0.1, 0.15) is 16.8 Å². The molecule has 0 heterocycles. The summed E-state index contributed by atoms with van der Waals surface area (Å²) in [7, 11) is 2.16. The van der Waals surface area contributed by atoms with E-state index in [9.17, 15) is 24.3 Å². The van der Waals surface area contributed by atoms with E-state index in [1.54, 1.807) is 30.3 Å². The Morgan fingerprint density at radius 2 is 1.68 bits per heavy atom. The zero-order chi connectivity index (χ0) is 18.6. The number of aliphatic hydroxyl groups excluding tert-OH is 1. The molecule has 0 saturated heterocycles. The molecule has 0 unspecified atom stereocenters. The number of benzene rings is 1. The molecule has 8 nitrogen and oxygen atoms in total. The van der Waals surface area contributed by atoms with E-state index < -0.39 is 42.0 Å². The lowest BCUT2D eigenvalue weighted by Crippen LogP contribution is -2.23. The number of carbonyl (C=O) groups is 4. The average molecular weight is 350 g/mol. The molecule has 134 valence electrons. The Kier molecular flexibility index (Phi) is 5.87. The van der Waals surface area contributed by atoms with E-state index in [4.69, 9.17) is 4.74 Å². The van der Waals surface area contributed by atoms with Gasteiger partial charge in [0.2, 0.25) is 0 Å². The first-order valence-electron chi connectivity index (χ1n) is 7.53. The highest BCUT2D eigenvalue weighted by atomic mass is 16.6. The van der Waals surface area contributed by atoms with Gasteiger partial charge in [0.15, 0.2) is 5.78 Å². The van der Waals surface area contributed by atoms with Gasteiger partial charge in [0.1, 0.15) is 12.0 Å². The fourth-order valence-electron chi connectivity index (χ4n) is 2.67. The SMILES string of the molecule is COC(=O)C(=O)O[C@H]1[C@H](C(=O)OC)[C@H]1[C@H](O)CC(=O)c1ccccc1. The number of ether oxygens (including phenoxy) is 3. The Morgan fingerprint density at radius 1 is 1.04 bits per heavy atom. The van der Waals surface area contributed by atoms with E-state index in [0.717, 1.165) is 14.2 Å². The van der Waals surface area contributed by atoms with Crippen LogP contribution in [0.2, 0.25) is 0 Å². The summed E-state index contributed by atoms with van der Waals surface area (Å²) in [6.45, 7) is 0. The van der Waals surface area contributed by atoms with Gasteiger partial charge in [0, 0.05) is 17.9 Å². The minimum atomic E-state index is -1.27. The van der Waals surface area contributed by atoms with Crippen molar-refractivity contribution < 1.29 is 38.5 Å². The fourth-order valence-corrected chi connectivity index (χ4v) is 2.67. The fraction of sp³-hybridized carbons (Fsp3) is 0.412. The van der Waals surface area contributed by atoms with Gasteiger partial charge >= 0.3 is 17.9 Å². The monoisotopic (exact) mass is 350 g/mol. The van der Waals surface area contributed by atoms with Crippen molar-refractivity contribution in [3.8, 4) is 0 Å². The molecule has 2 rings (SSSR count). The maximum atomic E-state index is 12.2. The molecular formula is C17H18O8. The number of esters is 3. The van der Waals surface area contributed by atoms with Crippen LogP contribution >= 0.6 is 0 Å². The van der Waals surface area contributed by atoms with E-state index in [1.165, 1.54) is 0 Å². The van der Waals surface area contributed by atoms with Gasteiger partial charge in [0.25, 0.3) is 0 Å². The van der Waals surface area contributed by atoms with Gasteiger partial charge < -0.3 is 19.3 Å². The first-order chi connectivity index (χ1) is 11.9. The van der Waals surface area contributed by atoms with Crippen molar-refractivity contribution in [2.75, 3.05) is 14.2 Å². The predicted molar refractivity (Wildman–Crippen MR) is 82.3 cm³/mol. The third-order valence-electron chi connectivity index (χ3n) is 4.01. The van der Waals surface area contributed by atoms with Crippen molar-refractivity contribution in [3.63, 3.8) is 0 Å². The topological polar surface area (TPSA) is 116 Å². The van der Waals surface area contributed by atoms with E-state index in [1.807, 2.05) is 0 Å². The van der Waals surface area contributed by atoms with Gasteiger partial charge in [-0.25, -0.2) is 9.59 Å². The van der Waals surface area contributed by atoms with Crippen molar-refractivity contribution >= 4 is 23.7 Å². The standard InChI is InChI=1S/C17H18O8/c1-23-15(20)13-12(14(13)25-17(22)16(21)24-2)11(19)8-10(18)9-6-4-3-5-7-9/h3-7,11-14,19H,8H2,1-2H3/t11-,12-,13-,14-/m1/s1. The number of Topliss-reactive ketones (excluding diaryl/α,β-unsaturated/α-hetero) is 1. The Bertz CT molecular complexity index is 668. The molecule has 1 aliphatic carbocycles. The smallest absolute Gasteiger partial charge is 0.417 e. The van der Waals surface area contributed by atoms with E-state index in [2.05, 4.69) is 9.47 Å². The van der Waals surface area contributed by atoms with E-state index >= 15 is 0 Å². The maximum absolute atomic E-state index is 12.2. The lowest BCUT2D eigenvalue weighted by molar-refractivity contribution is -0.167. The first-order valence-corrected chi connectivity index (χ1v) is 7.53. The summed E-state index contributed by atoms with van der Waals surface area (Å²) in [6, 6.07) is 8.34. The molecule has 0 amide bonds. The molecule has 0 bridgehead atoms. The number of ketones is 1. The zero-order valence-corrected chi connectivity index (χ0v) is 13.7. The summed E-state index contributed by atoms with van der Waals surface area (Å²) < 4.78 is 13.7. The molecule has 1 N–H and O–H groups in total. The minimum Gasteiger partial charge on any atom is -0.469 e. The summed E-state index contributed by atoms with van der Waals surface area (Å²) in [5, 5.41) is 10.3. The number of aliphatic hydroxyl groups is 1. The Morgan fingerprint density at radius 3 is 2.24 bits per heavy atom. The second kappa shape index (κ2) is 7.89. The summed E-state index contributed by atoms with van der Waals surface area (Å²) in [5.74, 6) is -5.26. The molecule has 8 heteroatoms. The van der Waals surface area contributed by atoms with Crippen LogP contribution < -0.4 is 0 Å². The van der Waals surface area contributed by atoms with Crippen LogP contribution in [0.15, 0.2) is 30.3 Å². The highest BCUT2D eigenvalue weighted by Gasteiger charge is 2.62. The maximum Gasteiger partial charge on any atom is 0.417 e. The Labute approximate surface area is 143 Å². The van der Waals surface area contributed by atoms with Crippen molar-refractivity contribution in [2.24, 2.45) is 11.8 Å². The second-order valence-corrected chi connectivity index (χ2v) is 5.55. The molecule has 0 aliphatic heterocycles. The molecule has 0 aromatic heterocycles. The van der Waals surface area contributed by atoms with Crippen molar-refractivity contribution in [1.82, 2.24) is 0 Å². The van der Waals surface area contributed by atoms with Crippen molar-refractivity contribution in [3.05, 3.63) is 35.9 Å². The second-order valence-electron chi connectivity index (χ2n) is 5.55. The van der Waals surface area contributed by atoms with Crippen molar-refractivity contribution in [2.45, 2.75) is 18.6 Å². The normalized spacial score (nSPS) is 22.4. The summed E-state index contributed by atoms with van der Waals surface area (Å²) in [4.78, 5) is 46.5. The molecule has 0 spiro atoms. The number of methoxy groups -OCH3 is 2. The van der Waals surface area contributed by atoms with Crippen molar-refractivity contribution in [1.29, 1.82) is 0 Å². The lowest BCUT2D eigenvalue weighted by Gasteiger charge is -2.09. The Hall–Kier alpha value is -2.74. The predicted octanol–water partition coefficient (Wildman–Crippen LogP) is 0.124. The van der Waals surface area contributed by atoms with E-state index in [-0.39, 0.29) is 12.2 Å². The van der Waals surface area contributed by atoms with Gasteiger partial charge in [-0.1, -0.05) is 30.3 Å². The molecule has 1 saturated carbocycles. The quantitative estimate of drug-likeness (QED) is 0.333. The Balaban J connectivity index is 2.04. The molecule has 1 aromatic carbocycles. The van der Waals surface area contributed by atoms with Crippen LogP contribution in [0.5, 0.6) is 0 Å². The van der Waals surface area contributed by atoms with Crippen LogP contribution in [0.3, 0.4) is 0 Å². The molecule has 1 fully saturated rings. The highest BCUT2D eigenvalue weighted by Crippen LogP contribution is 2.46. The zero-order valence-electron chi connectivity index (χ0n) is 13.7. The van der Waals surface area contributed by atoms with Gasteiger partial charge in [-0.2, -0.15) is 0 Å². The molecule has 25 heavy (non-hydrogen) atoms. The number of hydrogen-bond acceptors (Lipinski definition) is 8. The van der Waals surface area contributed by atoms with E-state index in [0.29, 0.717) is 5.56 Å². The minimum absolute atomic E-state index is 0.256. The largest absolute Gasteiger partial charge is 0.469 e. The van der Waals surface area contributed by atoms with Gasteiger partial charge in [-0.05, 0) is 0 Å². The summed E-state index contributed by atoms with van der Waals surface area (Å²) in [5.41, 5.74) is 0.417. The molecular weight excluding hydrogens is 332 g/mol. The first kappa shape index (κ1) is 18.6. The van der Waals surface area contributed by atoms with Gasteiger partial charge in [-0.15, -0.1) is 0 Å². The highest BCUT2D eigenvalue weighted by molar-refractivity contribution is 6.29. The van der Waals surface area contributed by atoms with Gasteiger partial charge in [-0.3, -0.25) is 9.59 Å². The van der Waals surface area contributed by atoms with Crippen LogP contribution in [-0.2, 0) is 28.6 Å². The average Bonchev–Trinajstić information content (AvgIpc) is 3.34. The summed E-state index contributed by atoms with van der Waals surface area (Å²) in [6.07, 6.45) is -2.53. The molecule has 1 aromatic rings. The van der Waals surface area contributed by atoms with Crippen LogP contribution in [0, 0.1) is 11.8 Å². The lowest BCUT2D eigenvalue weighted by atomic mass is 10.0. The van der Waals surface area contributed by atoms with Gasteiger partial charge in [0.05, 0.1) is 20.3 Å². The molecule has 0 radical (unpaired) electrons. The number of carbonyl (C=O) groups excluding carboxylic acids is 4. The third-order valence-corrected chi connectivity index (χ3v) is 4.01. The molecule has 1 aliphatic rings. The molecule has 4 atom stereocenters. The number of hydrogen-bond donors (Lipinski definition) is 1. The van der Waals surface area contributed by atoms with Crippen LogP contribution in [-0.4, -0.2) is 55.2 Å². The summed E-state index contributed by atoms with van der Waals surface area (Å²) >= 11 is 0. The van der Waals surface area contributed by atoms with Crippen LogP contribution in [0.4, 0.5) is 0 Å². The number of rotatable bonds is 6.